The van der Waals surface area contributed by atoms with E-state index >= 15 is 0 Å². The van der Waals surface area contributed by atoms with Gasteiger partial charge in [-0.25, -0.2) is 0 Å². The quantitative estimate of drug-likeness (QED) is 0.781. The first-order chi connectivity index (χ1) is 8.49. The Morgan fingerprint density at radius 3 is 2.89 bits per heavy atom. The minimum atomic E-state index is -0.472. The van der Waals surface area contributed by atoms with E-state index in [1.165, 1.54) is 6.07 Å². The van der Waals surface area contributed by atoms with Gasteiger partial charge >= 0.3 is 0 Å². The minimum absolute atomic E-state index is 0.0802. The SMILES string of the molecule is CN1CCC(NC(=O)c2cc(N)ccc2Cl)C1=O. The third-order valence-corrected chi connectivity index (χ3v) is 3.30. The zero-order valence-electron chi connectivity index (χ0n) is 9.94. The maximum Gasteiger partial charge on any atom is 0.253 e. The van der Waals surface area contributed by atoms with Gasteiger partial charge < -0.3 is 16.0 Å². The molecule has 1 aliphatic rings. The lowest BCUT2D eigenvalue weighted by atomic mass is 10.1. The second-order valence-electron chi connectivity index (χ2n) is 4.31. The number of hydrogen-bond donors (Lipinski definition) is 2. The van der Waals surface area contributed by atoms with Gasteiger partial charge in [0, 0.05) is 19.3 Å². The molecule has 1 aliphatic heterocycles. The van der Waals surface area contributed by atoms with Gasteiger partial charge in [0.2, 0.25) is 5.91 Å². The number of nitrogens with zero attached hydrogens (tertiary/aromatic N) is 1. The Bertz CT molecular complexity index is 504. The maximum absolute atomic E-state index is 12.0. The molecule has 3 N–H and O–H groups in total. The van der Waals surface area contributed by atoms with Gasteiger partial charge in [-0.3, -0.25) is 9.59 Å². The second kappa shape index (κ2) is 4.86. The van der Waals surface area contributed by atoms with Crippen LogP contribution in [0.2, 0.25) is 5.02 Å². The van der Waals surface area contributed by atoms with Crippen molar-refractivity contribution in [1.82, 2.24) is 10.2 Å². The highest BCUT2D eigenvalue weighted by Gasteiger charge is 2.30. The van der Waals surface area contributed by atoms with Gasteiger partial charge in [0.05, 0.1) is 10.6 Å². The van der Waals surface area contributed by atoms with E-state index in [1.54, 1.807) is 24.1 Å². The first-order valence-electron chi connectivity index (χ1n) is 5.60. The summed E-state index contributed by atoms with van der Waals surface area (Å²) >= 11 is 5.93. The summed E-state index contributed by atoms with van der Waals surface area (Å²) in [5.41, 5.74) is 6.36. The van der Waals surface area contributed by atoms with E-state index in [2.05, 4.69) is 5.32 Å². The summed E-state index contributed by atoms with van der Waals surface area (Å²) in [5, 5.41) is 2.99. The van der Waals surface area contributed by atoms with Gasteiger partial charge in [0.25, 0.3) is 5.91 Å². The zero-order valence-corrected chi connectivity index (χ0v) is 10.7. The number of nitrogens with one attached hydrogen (secondary N) is 1. The number of carbonyl (C=O) groups excluding carboxylic acids is 2. The van der Waals surface area contributed by atoms with E-state index < -0.39 is 6.04 Å². The predicted octanol–water partition coefficient (Wildman–Crippen LogP) is 0.883. The molecule has 2 amide bonds. The molecule has 2 rings (SSSR count). The molecular weight excluding hydrogens is 254 g/mol. The lowest BCUT2D eigenvalue weighted by Crippen LogP contribution is -2.40. The normalized spacial score (nSPS) is 19.1. The standard InChI is InChI=1S/C12H14ClN3O2/c1-16-5-4-10(12(16)18)15-11(17)8-6-7(14)2-3-9(8)13/h2-3,6,10H,4-5,14H2,1H3,(H,15,17). The average molecular weight is 268 g/mol. The Hall–Kier alpha value is -1.75. The molecule has 1 aromatic rings. The van der Waals surface area contributed by atoms with Crippen LogP contribution in [-0.4, -0.2) is 36.3 Å². The first kappa shape index (κ1) is 12.7. The molecule has 0 bridgehead atoms. The monoisotopic (exact) mass is 267 g/mol. The highest BCUT2D eigenvalue weighted by atomic mass is 35.5. The molecule has 18 heavy (non-hydrogen) atoms. The average Bonchev–Trinajstić information content (AvgIpc) is 2.64. The summed E-state index contributed by atoms with van der Waals surface area (Å²) in [6.07, 6.45) is 0.612. The molecule has 1 unspecified atom stereocenters. The smallest absolute Gasteiger partial charge is 0.253 e. The van der Waals surface area contributed by atoms with E-state index in [4.69, 9.17) is 17.3 Å². The molecule has 0 aromatic heterocycles. The van der Waals surface area contributed by atoms with Crippen molar-refractivity contribution in [3.63, 3.8) is 0 Å². The lowest BCUT2D eigenvalue weighted by Gasteiger charge is -2.13. The molecule has 6 heteroatoms. The Balaban J connectivity index is 2.13. The highest BCUT2D eigenvalue weighted by molar-refractivity contribution is 6.34. The van der Waals surface area contributed by atoms with Gasteiger partial charge in [0.15, 0.2) is 0 Å². The molecule has 1 atom stereocenters. The zero-order chi connectivity index (χ0) is 13.3. The molecule has 5 nitrogen and oxygen atoms in total. The van der Waals surface area contributed by atoms with Crippen molar-refractivity contribution in [3.05, 3.63) is 28.8 Å². The van der Waals surface area contributed by atoms with E-state index in [1.807, 2.05) is 0 Å². The molecule has 96 valence electrons. The van der Waals surface area contributed by atoms with Crippen molar-refractivity contribution >= 4 is 29.1 Å². The number of nitrogen functional groups attached to an aromatic ring is 1. The third kappa shape index (κ3) is 2.41. The van der Waals surface area contributed by atoms with Crippen LogP contribution in [0.1, 0.15) is 16.8 Å². The van der Waals surface area contributed by atoms with Gasteiger partial charge in [-0.15, -0.1) is 0 Å². The number of anilines is 1. The van der Waals surface area contributed by atoms with E-state index in [0.717, 1.165) is 0 Å². The molecule has 1 heterocycles. The number of carbonyl (C=O) groups is 2. The summed E-state index contributed by atoms with van der Waals surface area (Å²) in [7, 11) is 1.71. The van der Waals surface area contributed by atoms with Crippen LogP contribution in [0, 0.1) is 0 Å². The van der Waals surface area contributed by atoms with Crippen LogP contribution in [0.15, 0.2) is 18.2 Å². The molecule has 0 saturated carbocycles. The van der Waals surface area contributed by atoms with Crippen LogP contribution < -0.4 is 11.1 Å². The number of benzene rings is 1. The van der Waals surface area contributed by atoms with E-state index in [0.29, 0.717) is 29.2 Å². The van der Waals surface area contributed by atoms with Gasteiger partial charge in [-0.05, 0) is 24.6 Å². The largest absolute Gasteiger partial charge is 0.399 e. The Morgan fingerprint density at radius 2 is 2.28 bits per heavy atom. The summed E-state index contributed by atoms with van der Waals surface area (Å²) < 4.78 is 0. The van der Waals surface area contributed by atoms with E-state index in [-0.39, 0.29) is 11.8 Å². The first-order valence-corrected chi connectivity index (χ1v) is 5.97. The van der Waals surface area contributed by atoms with Crippen LogP contribution in [0.25, 0.3) is 0 Å². The molecule has 1 aromatic carbocycles. The minimum Gasteiger partial charge on any atom is -0.399 e. The van der Waals surface area contributed by atoms with Gasteiger partial charge in [-0.2, -0.15) is 0 Å². The number of halogens is 1. The summed E-state index contributed by atoms with van der Waals surface area (Å²) in [5.74, 6) is -0.454. The number of likely N-dealkylation sites (tertiary alicyclic amines) is 1. The molecule has 0 spiro atoms. The maximum atomic E-state index is 12.0. The van der Waals surface area contributed by atoms with Crippen LogP contribution in [0.3, 0.4) is 0 Å². The summed E-state index contributed by atoms with van der Waals surface area (Å²) in [4.78, 5) is 25.3. The van der Waals surface area contributed by atoms with E-state index in [9.17, 15) is 9.59 Å². The molecule has 1 saturated heterocycles. The van der Waals surface area contributed by atoms with Crippen molar-refractivity contribution in [1.29, 1.82) is 0 Å². The fraction of sp³-hybridized carbons (Fsp3) is 0.333. The predicted molar refractivity (Wildman–Crippen MR) is 69.4 cm³/mol. The Labute approximate surface area is 110 Å². The van der Waals surface area contributed by atoms with Crippen LogP contribution in [0.4, 0.5) is 5.69 Å². The topological polar surface area (TPSA) is 75.4 Å². The second-order valence-corrected chi connectivity index (χ2v) is 4.72. The molecule has 0 aliphatic carbocycles. The lowest BCUT2D eigenvalue weighted by molar-refractivity contribution is -0.128. The van der Waals surface area contributed by atoms with Crippen molar-refractivity contribution in [3.8, 4) is 0 Å². The number of likely N-dealkylation sites (N-methyl/N-ethyl adjacent to an activating group) is 1. The molecule has 1 fully saturated rings. The van der Waals surface area contributed by atoms with Crippen LogP contribution in [-0.2, 0) is 4.79 Å². The van der Waals surface area contributed by atoms with Crippen molar-refractivity contribution in [2.45, 2.75) is 12.5 Å². The van der Waals surface area contributed by atoms with Gasteiger partial charge in [0.1, 0.15) is 6.04 Å². The van der Waals surface area contributed by atoms with Crippen molar-refractivity contribution < 1.29 is 9.59 Å². The highest BCUT2D eigenvalue weighted by Crippen LogP contribution is 2.19. The fourth-order valence-electron chi connectivity index (χ4n) is 1.91. The summed E-state index contributed by atoms with van der Waals surface area (Å²) in [6.45, 7) is 0.647. The molecule has 0 radical (unpaired) electrons. The van der Waals surface area contributed by atoms with Gasteiger partial charge in [-0.1, -0.05) is 11.6 Å². The third-order valence-electron chi connectivity index (χ3n) is 2.97. The van der Waals surface area contributed by atoms with Crippen LogP contribution in [0.5, 0.6) is 0 Å². The number of rotatable bonds is 2. The number of amides is 2. The molecular formula is C12H14ClN3O2. The Kier molecular flexibility index (Phi) is 3.43. The van der Waals surface area contributed by atoms with Crippen LogP contribution >= 0.6 is 11.6 Å². The van der Waals surface area contributed by atoms with Crippen molar-refractivity contribution in [2.24, 2.45) is 0 Å². The Morgan fingerprint density at radius 1 is 1.56 bits per heavy atom. The number of hydrogen-bond acceptors (Lipinski definition) is 3. The van der Waals surface area contributed by atoms with Crippen molar-refractivity contribution in [2.75, 3.05) is 19.3 Å². The summed E-state index contributed by atoms with van der Waals surface area (Å²) in [6, 6.07) is 4.21. The number of nitrogens with two attached hydrogens (primary N) is 1. The fourth-order valence-corrected chi connectivity index (χ4v) is 2.11.